The highest BCUT2D eigenvalue weighted by molar-refractivity contribution is 5.79. The van der Waals surface area contributed by atoms with E-state index in [9.17, 15) is 4.79 Å². The van der Waals surface area contributed by atoms with E-state index >= 15 is 0 Å². The Kier molecular flexibility index (Phi) is 2.84. The lowest BCUT2D eigenvalue weighted by molar-refractivity contribution is -0.275. The van der Waals surface area contributed by atoms with E-state index in [0.29, 0.717) is 0 Å². The summed E-state index contributed by atoms with van der Waals surface area (Å²) in [7, 11) is 0. The molecule has 0 aliphatic carbocycles. The zero-order valence-corrected chi connectivity index (χ0v) is 6.57. The smallest absolute Gasteiger partial charge is 0.249 e. The first-order valence-electron chi connectivity index (χ1n) is 3.62. The predicted molar refractivity (Wildman–Crippen MR) is 38.1 cm³/mol. The summed E-state index contributed by atoms with van der Waals surface area (Å²) >= 11 is 0. The summed E-state index contributed by atoms with van der Waals surface area (Å²) in [4.78, 5) is 10.6. The van der Waals surface area contributed by atoms with Gasteiger partial charge in [-0.2, -0.15) is 0 Å². The summed E-state index contributed by atoms with van der Waals surface area (Å²) in [6, 6.07) is 0. The van der Waals surface area contributed by atoms with E-state index in [4.69, 9.17) is 26.2 Å². The monoisotopic (exact) mass is 193 g/mol. The van der Waals surface area contributed by atoms with Crippen LogP contribution in [0.4, 0.5) is 0 Å². The highest BCUT2D eigenvalue weighted by atomic mass is 16.6. The Morgan fingerprint density at radius 3 is 2.08 bits per heavy atom. The largest absolute Gasteiger partial charge is 0.387 e. The van der Waals surface area contributed by atoms with Crippen LogP contribution in [0.5, 0.6) is 0 Å². The Hall–Kier alpha value is -0.730. The van der Waals surface area contributed by atoms with Gasteiger partial charge in [0, 0.05) is 0 Å². The molecule has 0 aromatic carbocycles. The normalized spacial score (nSPS) is 46.0. The van der Waals surface area contributed by atoms with Gasteiger partial charge < -0.3 is 30.9 Å². The van der Waals surface area contributed by atoms with Crippen LogP contribution in [0.2, 0.25) is 0 Å². The van der Waals surface area contributed by atoms with Gasteiger partial charge in [-0.15, -0.1) is 0 Å². The summed E-state index contributed by atoms with van der Waals surface area (Å²) in [5.41, 5.74) is 4.80. The van der Waals surface area contributed by atoms with Crippen molar-refractivity contribution in [2.75, 3.05) is 0 Å². The van der Waals surface area contributed by atoms with Gasteiger partial charge in [0.2, 0.25) is 5.91 Å². The molecule has 0 unspecified atom stereocenters. The number of ether oxygens (including phenoxy) is 1. The third kappa shape index (κ3) is 1.79. The fourth-order valence-electron chi connectivity index (χ4n) is 1.10. The highest BCUT2D eigenvalue weighted by Crippen LogP contribution is 2.19. The zero-order valence-electron chi connectivity index (χ0n) is 6.57. The Labute approximate surface area is 73.4 Å². The van der Waals surface area contributed by atoms with Crippen molar-refractivity contribution in [3.63, 3.8) is 0 Å². The number of hydrogen-bond donors (Lipinski definition) is 5. The molecule has 1 fully saturated rings. The van der Waals surface area contributed by atoms with Gasteiger partial charge in [-0.1, -0.05) is 0 Å². The van der Waals surface area contributed by atoms with Crippen LogP contribution in [0.25, 0.3) is 0 Å². The van der Waals surface area contributed by atoms with Crippen molar-refractivity contribution in [2.24, 2.45) is 5.73 Å². The minimum absolute atomic E-state index is 1.02. The van der Waals surface area contributed by atoms with Crippen LogP contribution in [-0.2, 0) is 9.53 Å². The lowest BCUT2D eigenvalue weighted by Crippen LogP contribution is -2.60. The van der Waals surface area contributed by atoms with Gasteiger partial charge in [0.15, 0.2) is 12.4 Å². The van der Waals surface area contributed by atoms with Crippen molar-refractivity contribution >= 4 is 5.91 Å². The predicted octanol–water partition coefficient (Wildman–Crippen LogP) is -3.73. The van der Waals surface area contributed by atoms with Gasteiger partial charge in [0.05, 0.1) is 0 Å². The second kappa shape index (κ2) is 3.56. The Bertz CT molecular complexity index is 209. The molecule has 6 N–H and O–H groups in total. The number of aliphatic hydroxyl groups excluding tert-OH is 4. The Morgan fingerprint density at radius 1 is 1.08 bits per heavy atom. The van der Waals surface area contributed by atoms with E-state index in [2.05, 4.69) is 4.74 Å². The van der Waals surface area contributed by atoms with Gasteiger partial charge in [-0.25, -0.2) is 0 Å². The molecule has 1 heterocycles. The number of hydrogen-bond acceptors (Lipinski definition) is 6. The molecule has 1 saturated heterocycles. The van der Waals surface area contributed by atoms with Crippen molar-refractivity contribution < 1.29 is 30.0 Å². The maximum atomic E-state index is 10.6. The molecular formula is C6H11NO6. The summed E-state index contributed by atoms with van der Waals surface area (Å²) in [6.07, 6.45) is -8.16. The molecule has 0 spiro atoms. The standard InChI is InChI=1S/C6H11NO6/c7-5(11)4-2(9)1(8)3(10)6(12)13-4/h1-4,6,8-10,12H,(H2,7,11)/t1-,2+,3+,4-,6+/m0/s1. The van der Waals surface area contributed by atoms with Gasteiger partial charge in [0.25, 0.3) is 0 Å². The topological polar surface area (TPSA) is 133 Å². The zero-order chi connectivity index (χ0) is 10.2. The van der Waals surface area contributed by atoms with Crippen molar-refractivity contribution in [3.05, 3.63) is 0 Å². The van der Waals surface area contributed by atoms with Crippen LogP contribution in [0.3, 0.4) is 0 Å². The molecule has 7 heteroatoms. The van der Waals surface area contributed by atoms with Crippen LogP contribution in [0.15, 0.2) is 0 Å². The first kappa shape index (κ1) is 10.4. The lowest BCUT2D eigenvalue weighted by Gasteiger charge is -2.36. The molecule has 1 aliphatic heterocycles. The van der Waals surface area contributed by atoms with E-state index in [1.807, 2.05) is 0 Å². The molecule has 0 radical (unpaired) electrons. The average molecular weight is 193 g/mol. The summed E-state index contributed by atoms with van der Waals surface area (Å²) < 4.78 is 4.46. The molecule has 0 bridgehead atoms. The molecule has 1 amide bonds. The number of nitrogens with two attached hydrogens (primary N) is 1. The van der Waals surface area contributed by atoms with Crippen LogP contribution >= 0.6 is 0 Å². The molecule has 5 atom stereocenters. The van der Waals surface area contributed by atoms with Gasteiger partial charge in [-0.05, 0) is 0 Å². The van der Waals surface area contributed by atoms with Crippen LogP contribution in [-0.4, -0.2) is 57.0 Å². The number of primary amides is 1. The molecule has 0 aromatic heterocycles. The maximum Gasteiger partial charge on any atom is 0.249 e. The van der Waals surface area contributed by atoms with Gasteiger partial charge >= 0.3 is 0 Å². The highest BCUT2D eigenvalue weighted by Gasteiger charge is 2.45. The summed E-state index contributed by atoms with van der Waals surface area (Å²) in [5.74, 6) is -1.02. The van der Waals surface area contributed by atoms with Gasteiger partial charge in [0.1, 0.15) is 18.3 Å². The first-order valence-corrected chi connectivity index (χ1v) is 3.62. The summed E-state index contributed by atoms with van der Waals surface area (Å²) in [5, 5.41) is 36.2. The second-order valence-corrected chi connectivity index (χ2v) is 2.82. The second-order valence-electron chi connectivity index (χ2n) is 2.82. The average Bonchev–Trinajstić information content (AvgIpc) is 2.07. The minimum Gasteiger partial charge on any atom is -0.387 e. The molecule has 76 valence electrons. The minimum atomic E-state index is -1.73. The van der Waals surface area contributed by atoms with E-state index in [1.54, 1.807) is 0 Å². The van der Waals surface area contributed by atoms with Crippen molar-refractivity contribution in [3.8, 4) is 0 Å². The number of amides is 1. The molecule has 0 aromatic rings. The molecule has 13 heavy (non-hydrogen) atoms. The Balaban J connectivity index is 2.76. The van der Waals surface area contributed by atoms with E-state index in [1.165, 1.54) is 0 Å². The fourth-order valence-corrected chi connectivity index (χ4v) is 1.10. The third-order valence-corrected chi connectivity index (χ3v) is 1.87. The SMILES string of the molecule is NC(=O)[C@H]1O[C@@H](O)[C@H](O)[C@@H](O)[C@H]1O. The first-order chi connectivity index (χ1) is 5.95. The van der Waals surface area contributed by atoms with Crippen molar-refractivity contribution in [2.45, 2.75) is 30.7 Å². The number of carbonyl (C=O) groups excluding carboxylic acids is 1. The van der Waals surface area contributed by atoms with Crippen molar-refractivity contribution in [1.29, 1.82) is 0 Å². The van der Waals surface area contributed by atoms with E-state index < -0.39 is 36.6 Å². The molecular weight excluding hydrogens is 182 g/mol. The maximum absolute atomic E-state index is 10.6. The van der Waals surface area contributed by atoms with Crippen LogP contribution in [0, 0.1) is 0 Å². The summed E-state index contributed by atoms with van der Waals surface area (Å²) in [6.45, 7) is 0. The third-order valence-electron chi connectivity index (χ3n) is 1.87. The number of aliphatic hydroxyl groups is 4. The molecule has 1 rings (SSSR count). The van der Waals surface area contributed by atoms with Crippen LogP contribution < -0.4 is 5.73 Å². The number of rotatable bonds is 1. The molecule has 7 nitrogen and oxygen atoms in total. The molecule has 1 aliphatic rings. The van der Waals surface area contributed by atoms with Gasteiger partial charge in [-0.3, -0.25) is 4.79 Å². The Morgan fingerprint density at radius 2 is 1.62 bits per heavy atom. The van der Waals surface area contributed by atoms with Crippen LogP contribution in [0.1, 0.15) is 0 Å². The van der Waals surface area contributed by atoms with Crippen molar-refractivity contribution in [1.82, 2.24) is 0 Å². The lowest BCUT2D eigenvalue weighted by atomic mass is 9.99. The van der Waals surface area contributed by atoms with E-state index in [0.717, 1.165) is 0 Å². The molecule has 0 saturated carbocycles. The van der Waals surface area contributed by atoms with E-state index in [-0.39, 0.29) is 0 Å². The fraction of sp³-hybridized carbons (Fsp3) is 0.833. The number of carbonyl (C=O) groups is 1. The quantitative estimate of drug-likeness (QED) is 0.291.